The molecule has 0 spiro atoms. The number of carbonyl (C=O) groups excluding carboxylic acids is 2. The maximum absolute atomic E-state index is 12.7. The zero-order valence-electron chi connectivity index (χ0n) is 18.4. The first kappa shape index (κ1) is 22.5. The second-order valence-electron chi connectivity index (χ2n) is 8.31. The van der Waals surface area contributed by atoms with Gasteiger partial charge in [0, 0.05) is 41.2 Å². The van der Waals surface area contributed by atoms with Crippen LogP contribution in [0.5, 0.6) is 11.5 Å². The van der Waals surface area contributed by atoms with Crippen molar-refractivity contribution in [2.75, 3.05) is 19.7 Å². The molecule has 0 radical (unpaired) electrons. The average molecular weight is 458 g/mol. The zero-order chi connectivity index (χ0) is 22.7. The first-order valence-corrected chi connectivity index (χ1v) is 11.5. The average Bonchev–Trinajstić information content (AvgIpc) is 3.16. The number of rotatable bonds is 6. The monoisotopic (exact) mass is 457 g/mol. The third kappa shape index (κ3) is 5.01. The van der Waals surface area contributed by atoms with E-state index in [0.29, 0.717) is 43.1 Å². The van der Waals surface area contributed by atoms with Crippen molar-refractivity contribution in [1.82, 2.24) is 4.90 Å². The number of hydrogen-bond donors (Lipinski definition) is 0. The Hall–Kier alpha value is -2.73. The van der Waals surface area contributed by atoms with Crippen LogP contribution in [-0.4, -0.2) is 42.6 Å². The highest BCUT2D eigenvalue weighted by molar-refractivity contribution is 6.30. The molecule has 4 rings (SSSR count). The smallest absolute Gasteiger partial charge is 0.309 e. The Morgan fingerprint density at radius 2 is 1.88 bits per heavy atom. The Bertz CT molecular complexity index is 983. The molecule has 2 aromatic rings. The summed E-state index contributed by atoms with van der Waals surface area (Å²) in [6.07, 6.45) is 2.16. The molecular weight excluding hydrogens is 430 g/mol. The minimum Gasteiger partial charge on any atom is -0.493 e. The van der Waals surface area contributed by atoms with E-state index < -0.39 is 0 Å². The highest BCUT2D eigenvalue weighted by Crippen LogP contribution is 2.35. The Morgan fingerprint density at radius 1 is 1.16 bits per heavy atom. The standard InChI is InChI=1S/C25H28ClNO5/c1-3-30-22-13-19-12-16(2)32-23(19)14-20(22)15-31-25(29)18-8-10-27(11-9-18)24(28)17-4-6-21(26)7-5-17/h4-7,13-14,16,18H,3,8-12,15H2,1-2H3/t16-/m1/s1. The van der Waals surface area contributed by atoms with Crippen LogP contribution in [0.1, 0.15) is 48.2 Å². The van der Waals surface area contributed by atoms with Gasteiger partial charge >= 0.3 is 5.97 Å². The van der Waals surface area contributed by atoms with Crippen LogP contribution in [0.4, 0.5) is 0 Å². The lowest BCUT2D eigenvalue weighted by atomic mass is 9.96. The minimum atomic E-state index is -0.235. The van der Waals surface area contributed by atoms with Crippen LogP contribution in [0.15, 0.2) is 36.4 Å². The van der Waals surface area contributed by atoms with Crippen LogP contribution in [0, 0.1) is 5.92 Å². The fourth-order valence-electron chi connectivity index (χ4n) is 4.24. The molecule has 0 N–H and O–H groups in total. The second kappa shape index (κ2) is 9.82. The van der Waals surface area contributed by atoms with E-state index in [0.717, 1.165) is 29.0 Å². The van der Waals surface area contributed by atoms with Crippen LogP contribution in [-0.2, 0) is 22.6 Å². The maximum Gasteiger partial charge on any atom is 0.309 e. The van der Waals surface area contributed by atoms with E-state index in [-0.39, 0.29) is 30.5 Å². The maximum atomic E-state index is 12.7. The zero-order valence-corrected chi connectivity index (χ0v) is 19.2. The van der Waals surface area contributed by atoms with Crippen molar-refractivity contribution in [2.24, 2.45) is 5.92 Å². The molecule has 32 heavy (non-hydrogen) atoms. The van der Waals surface area contributed by atoms with Crippen molar-refractivity contribution < 1.29 is 23.8 Å². The van der Waals surface area contributed by atoms with Crippen molar-refractivity contribution >= 4 is 23.5 Å². The highest BCUT2D eigenvalue weighted by atomic mass is 35.5. The topological polar surface area (TPSA) is 65.1 Å². The fourth-order valence-corrected chi connectivity index (χ4v) is 4.37. The number of esters is 1. The van der Waals surface area contributed by atoms with Gasteiger partial charge in [-0.1, -0.05) is 11.6 Å². The van der Waals surface area contributed by atoms with Gasteiger partial charge < -0.3 is 19.1 Å². The third-order valence-electron chi connectivity index (χ3n) is 5.96. The van der Waals surface area contributed by atoms with Gasteiger partial charge in [-0.25, -0.2) is 0 Å². The number of piperidine rings is 1. The van der Waals surface area contributed by atoms with Crippen molar-refractivity contribution in [2.45, 2.75) is 45.8 Å². The minimum absolute atomic E-state index is 0.0396. The molecule has 1 amide bonds. The van der Waals surface area contributed by atoms with Gasteiger partial charge in [0.2, 0.25) is 0 Å². The van der Waals surface area contributed by atoms with E-state index in [1.807, 2.05) is 26.0 Å². The molecule has 2 aliphatic heterocycles. The molecule has 1 atom stereocenters. The Morgan fingerprint density at radius 3 is 2.56 bits per heavy atom. The van der Waals surface area contributed by atoms with Gasteiger partial charge in [-0.3, -0.25) is 9.59 Å². The molecule has 0 saturated carbocycles. The molecule has 1 fully saturated rings. The molecule has 7 heteroatoms. The normalized spacial score (nSPS) is 18.1. The summed E-state index contributed by atoms with van der Waals surface area (Å²) in [4.78, 5) is 27.1. The largest absolute Gasteiger partial charge is 0.493 e. The summed E-state index contributed by atoms with van der Waals surface area (Å²) in [6, 6.07) is 10.8. The van der Waals surface area contributed by atoms with Crippen molar-refractivity contribution in [3.8, 4) is 11.5 Å². The quantitative estimate of drug-likeness (QED) is 0.590. The molecule has 2 aliphatic rings. The molecule has 170 valence electrons. The third-order valence-corrected chi connectivity index (χ3v) is 6.21. The fraction of sp³-hybridized carbons (Fsp3) is 0.440. The van der Waals surface area contributed by atoms with E-state index in [1.165, 1.54) is 0 Å². The first-order chi connectivity index (χ1) is 15.4. The summed E-state index contributed by atoms with van der Waals surface area (Å²) < 4.78 is 17.2. The van der Waals surface area contributed by atoms with Crippen LogP contribution in [0.25, 0.3) is 0 Å². The molecule has 2 heterocycles. The van der Waals surface area contributed by atoms with Gasteiger partial charge in [-0.05, 0) is 63.1 Å². The van der Waals surface area contributed by atoms with Crippen LogP contribution < -0.4 is 9.47 Å². The predicted molar refractivity (Wildman–Crippen MR) is 121 cm³/mol. The number of ether oxygens (including phenoxy) is 3. The number of amides is 1. The van der Waals surface area contributed by atoms with Crippen LogP contribution in [0.2, 0.25) is 5.02 Å². The lowest BCUT2D eigenvalue weighted by molar-refractivity contribution is -0.151. The molecule has 0 unspecified atom stereocenters. The summed E-state index contributed by atoms with van der Waals surface area (Å²) in [6.45, 7) is 5.69. The Balaban J connectivity index is 1.32. The summed E-state index contributed by atoms with van der Waals surface area (Å²) in [5.41, 5.74) is 2.53. The SMILES string of the molecule is CCOc1cc2c(cc1COC(=O)C1CCN(C(=O)c3ccc(Cl)cc3)CC1)O[C@H](C)C2. The highest BCUT2D eigenvalue weighted by Gasteiger charge is 2.29. The van der Waals surface area contributed by atoms with E-state index in [1.54, 1.807) is 29.2 Å². The van der Waals surface area contributed by atoms with Gasteiger partial charge in [0.1, 0.15) is 24.2 Å². The Labute approximate surface area is 193 Å². The number of likely N-dealkylation sites (tertiary alicyclic amines) is 1. The summed E-state index contributed by atoms with van der Waals surface area (Å²) in [5.74, 6) is 1.08. The predicted octanol–water partition coefficient (Wildman–Crippen LogP) is 4.66. The van der Waals surface area contributed by atoms with Crippen molar-refractivity contribution in [3.63, 3.8) is 0 Å². The number of benzene rings is 2. The molecule has 2 aromatic carbocycles. The van der Waals surface area contributed by atoms with E-state index >= 15 is 0 Å². The Kier molecular flexibility index (Phi) is 6.89. The summed E-state index contributed by atoms with van der Waals surface area (Å²) in [5, 5.41) is 0.597. The second-order valence-corrected chi connectivity index (χ2v) is 8.75. The van der Waals surface area contributed by atoms with Gasteiger partial charge in [0.15, 0.2) is 0 Å². The summed E-state index contributed by atoms with van der Waals surface area (Å²) in [7, 11) is 0. The van der Waals surface area contributed by atoms with Crippen molar-refractivity contribution in [3.05, 3.63) is 58.1 Å². The lowest BCUT2D eigenvalue weighted by Crippen LogP contribution is -2.40. The van der Waals surface area contributed by atoms with Crippen molar-refractivity contribution in [1.29, 1.82) is 0 Å². The van der Waals surface area contributed by atoms with Gasteiger partial charge in [-0.2, -0.15) is 0 Å². The van der Waals surface area contributed by atoms with Gasteiger partial charge in [0.25, 0.3) is 5.91 Å². The number of halogens is 1. The first-order valence-electron chi connectivity index (χ1n) is 11.1. The molecular formula is C25H28ClNO5. The van der Waals surface area contributed by atoms with Crippen LogP contribution in [0.3, 0.4) is 0 Å². The number of fused-ring (bicyclic) bond motifs is 1. The van der Waals surface area contributed by atoms with Gasteiger partial charge in [-0.15, -0.1) is 0 Å². The van der Waals surface area contributed by atoms with E-state index in [4.69, 9.17) is 25.8 Å². The molecule has 6 nitrogen and oxygen atoms in total. The summed E-state index contributed by atoms with van der Waals surface area (Å²) >= 11 is 5.90. The van der Waals surface area contributed by atoms with Gasteiger partial charge in [0.05, 0.1) is 12.5 Å². The number of nitrogens with zero attached hydrogens (tertiary/aromatic N) is 1. The molecule has 1 saturated heterocycles. The number of hydrogen-bond acceptors (Lipinski definition) is 5. The molecule has 0 aromatic heterocycles. The lowest BCUT2D eigenvalue weighted by Gasteiger charge is -2.31. The van der Waals surface area contributed by atoms with E-state index in [2.05, 4.69) is 0 Å². The molecule has 0 bridgehead atoms. The molecule has 0 aliphatic carbocycles. The number of carbonyl (C=O) groups is 2. The van der Waals surface area contributed by atoms with Crippen LogP contribution >= 0.6 is 11.6 Å². The van der Waals surface area contributed by atoms with E-state index in [9.17, 15) is 9.59 Å².